The van der Waals surface area contributed by atoms with E-state index in [1.165, 1.54) is 107 Å². The lowest BCUT2D eigenvalue weighted by Crippen LogP contribution is -2.64. The summed E-state index contributed by atoms with van der Waals surface area (Å²) in [6.45, 7) is 22.9. The van der Waals surface area contributed by atoms with Gasteiger partial charge in [-0.1, -0.05) is 120 Å². The first-order valence-electron chi connectivity index (χ1n) is 45.4. The summed E-state index contributed by atoms with van der Waals surface area (Å²) in [5.74, 6) is -17.3. The number of aromatic hydroxyl groups is 1. The Balaban J connectivity index is 1.54. The molecule has 0 aliphatic carbocycles. The molecule has 0 saturated carbocycles. The van der Waals surface area contributed by atoms with E-state index in [4.69, 9.17) is 11.5 Å². The maximum absolute atomic E-state index is 15.3. The highest BCUT2D eigenvalue weighted by molar-refractivity contribution is 6.03. The van der Waals surface area contributed by atoms with Crippen molar-refractivity contribution in [2.45, 2.75) is 321 Å². The molecular formula is C93H138N20O21. The van der Waals surface area contributed by atoms with E-state index < -0.39 is 233 Å². The number of amides is 19. The largest absolute Gasteiger partial charge is 0.508 e. The van der Waals surface area contributed by atoms with Crippen LogP contribution in [0.4, 0.5) is 0 Å². The van der Waals surface area contributed by atoms with Crippen molar-refractivity contribution in [3.8, 4) is 5.75 Å². The molecule has 736 valence electrons. The van der Waals surface area contributed by atoms with E-state index in [9.17, 15) is 82.1 Å². The number of aromatic nitrogens is 1. The number of hydrogen-bond donors (Lipinski definition) is 22. The number of nitrogens with two attached hydrogens (primary N) is 2. The number of carbonyl (C=O) groups is 19. The highest BCUT2D eigenvalue weighted by atomic mass is 16.3. The lowest BCUT2D eigenvalue weighted by Gasteiger charge is -2.33. The predicted octanol–water partition coefficient (Wildman–Crippen LogP) is -0.593. The summed E-state index contributed by atoms with van der Waals surface area (Å²) in [6.07, 6.45) is 4.83. The zero-order valence-corrected chi connectivity index (χ0v) is 79.2. The SMILES string of the molecule is CC(=O)N[C@@H](CC(C)C)C(=O)N[C@H](C(=O)N[C@@H](Cc1ccccc1)C(=O)N[C@]1(C)CCCCCC/C=C/CCC[C@@](C)(C(=O)N[C@@H](C)C(=O)N[C@@H](C)C(=O)N[C@@H](C)C(=O)N[C@@H](C)C(=O)N[C@@H](C)C(=O)N[C@H](C)C(N)=O)NC(=O)[C@H](CC(C)C)NC(=O)[C@H](CCC(N)=O)NC(=O)[C@H](C)NC(=O)[C@H](Cc2c[nH]c3ccccc23)NC(=O)[C@H](Cc2ccc(O)cc2)NC(=O)[C@H](C)NC1=O)[C@@H](C)O. The van der Waals surface area contributed by atoms with Crippen molar-refractivity contribution in [2.24, 2.45) is 23.3 Å². The summed E-state index contributed by atoms with van der Waals surface area (Å²) in [4.78, 5) is 269. The van der Waals surface area contributed by atoms with Crippen molar-refractivity contribution in [1.82, 2.24) is 95.4 Å². The highest BCUT2D eigenvalue weighted by Crippen LogP contribution is 2.24. The monoisotopic (exact) mass is 1870 g/mol. The normalized spacial score (nSPS) is 22.2. The Bertz CT molecular complexity index is 4810. The second kappa shape index (κ2) is 53.4. The number of carbonyl (C=O) groups excluding carboxylic acids is 19. The van der Waals surface area contributed by atoms with E-state index in [0.717, 1.165) is 0 Å². The van der Waals surface area contributed by atoms with Crippen molar-refractivity contribution >= 4 is 123 Å². The topological polar surface area (TPSA) is 637 Å². The van der Waals surface area contributed by atoms with E-state index >= 15 is 19.2 Å². The van der Waals surface area contributed by atoms with Crippen LogP contribution in [0.2, 0.25) is 0 Å². The van der Waals surface area contributed by atoms with Gasteiger partial charge in [0.05, 0.1) is 6.10 Å². The molecule has 41 nitrogen and oxygen atoms in total. The molecule has 41 heteroatoms. The van der Waals surface area contributed by atoms with Crippen LogP contribution in [0.3, 0.4) is 0 Å². The van der Waals surface area contributed by atoms with E-state index in [0.29, 0.717) is 59.7 Å². The fourth-order valence-electron chi connectivity index (χ4n) is 14.5. The fraction of sp³-hybridized carbons (Fsp3) is 0.559. The summed E-state index contributed by atoms with van der Waals surface area (Å²) in [5.41, 5.74) is 9.08. The van der Waals surface area contributed by atoms with Crippen molar-refractivity contribution < 1.29 is 101 Å². The molecule has 0 spiro atoms. The Morgan fingerprint density at radius 2 is 0.955 bits per heavy atom. The van der Waals surface area contributed by atoms with Crippen LogP contribution >= 0.6 is 0 Å². The number of benzene rings is 3. The van der Waals surface area contributed by atoms with Gasteiger partial charge in [0.1, 0.15) is 107 Å². The minimum Gasteiger partial charge on any atom is -0.508 e. The van der Waals surface area contributed by atoms with Crippen LogP contribution in [-0.4, -0.2) is 235 Å². The van der Waals surface area contributed by atoms with Gasteiger partial charge < -0.3 is 117 Å². The molecule has 24 N–H and O–H groups in total. The van der Waals surface area contributed by atoms with Crippen LogP contribution in [0.5, 0.6) is 5.75 Å². The highest BCUT2D eigenvalue weighted by Gasteiger charge is 2.43. The number of H-pyrrole nitrogens is 1. The molecule has 2 heterocycles. The Labute approximate surface area is 780 Å². The van der Waals surface area contributed by atoms with Crippen molar-refractivity contribution in [3.63, 3.8) is 0 Å². The molecule has 18 atom stereocenters. The Hall–Kier alpha value is -13.4. The number of allylic oxidation sites excluding steroid dienone is 2. The van der Waals surface area contributed by atoms with Crippen LogP contribution in [0.1, 0.15) is 211 Å². The molecule has 0 fully saturated rings. The number of phenols is 1. The van der Waals surface area contributed by atoms with Gasteiger partial charge in [-0.2, -0.15) is 0 Å². The van der Waals surface area contributed by atoms with Crippen LogP contribution in [0.25, 0.3) is 10.9 Å². The van der Waals surface area contributed by atoms with Gasteiger partial charge in [0.2, 0.25) is 112 Å². The smallest absolute Gasteiger partial charge is 0.246 e. The minimum absolute atomic E-state index is 0.0851. The minimum atomic E-state index is -1.92. The Kier molecular flexibility index (Phi) is 44.3. The summed E-state index contributed by atoms with van der Waals surface area (Å²) in [7, 11) is 0. The molecule has 5 rings (SSSR count). The van der Waals surface area contributed by atoms with Crippen LogP contribution in [0, 0.1) is 11.8 Å². The zero-order chi connectivity index (χ0) is 100. The molecule has 1 aliphatic heterocycles. The summed E-state index contributed by atoms with van der Waals surface area (Å²) in [5, 5.41) is 66.2. The van der Waals surface area contributed by atoms with Crippen LogP contribution in [-0.2, 0) is 110 Å². The number of rotatable bonds is 34. The lowest BCUT2D eigenvalue weighted by molar-refractivity contribution is -0.138. The first kappa shape index (κ1) is 111. The van der Waals surface area contributed by atoms with Gasteiger partial charge in [0.15, 0.2) is 0 Å². The predicted molar refractivity (Wildman–Crippen MR) is 496 cm³/mol. The van der Waals surface area contributed by atoms with E-state index in [2.05, 4.69) is 95.4 Å². The van der Waals surface area contributed by atoms with Gasteiger partial charge in [-0.15, -0.1) is 0 Å². The standard InChI is InChI=1S/C93H138N20O21/c1-49(2)43-68(105-60(14)115)86(129)111-74(59(13)114)89(132)110-71(45-61-31-25-24-26-32-61)88(131)113-93(16)42-30-23-21-19-17-18-20-22-29-41-92(15,90(133)103-57(11)80(123)101-55(9)79(122)100-54(8)78(121)99-53(7)77(120)98-52(6)76(119)97-51(5)75(95)118)112-87(130)69(44-50(3)4)108-83(126)67(39-40-73(94)117)106-81(124)56(10)102-84(127)72(47-63-48-96-66-34-28-27-33-65(63)66)109-85(128)70(46-62-35-37-64(116)38-36-62)107-82(125)58(12)104-91(93)134/h18,20,24-28,31-38,48-59,67-72,74,96,114,116H,17,19,21-23,29-30,39-47H2,1-16H3,(H2,94,117)(H2,95,118)(H,97,119)(H,98,120)(H,99,121)(H,100,122)(H,101,123)(H,102,127)(H,103,133)(H,104,134)(H,105,115)(H,106,124)(H,107,125)(H,108,126)(H,109,128)(H,110,132)(H,111,129)(H,112,130)(H,113,131)/b20-18+/t51-,52+,53+,54+,55+,56+,57+,58+,59-,67+,68+,69+,70+,71+,72+,74+,92+,93-/m1/s1. The van der Waals surface area contributed by atoms with Crippen LogP contribution < -0.4 is 102 Å². The summed E-state index contributed by atoms with van der Waals surface area (Å²) < 4.78 is 0. The molecule has 19 amide bonds. The van der Waals surface area contributed by atoms with Gasteiger partial charge in [-0.05, 0) is 181 Å². The zero-order valence-electron chi connectivity index (χ0n) is 79.2. The van der Waals surface area contributed by atoms with E-state index in [-0.39, 0.29) is 75.4 Å². The number of hydrogen-bond acceptors (Lipinski definition) is 21. The first-order valence-corrected chi connectivity index (χ1v) is 45.4. The van der Waals surface area contributed by atoms with Crippen molar-refractivity contribution in [2.75, 3.05) is 0 Å². The molecule has 3 aromatic carbocycles. The number of aromatic amines is 1. The number of fused-ring (bicyclic) bond motifs is 1. The second-order valence-electron chi connectivity index (χ2n) is 35.8. The van der Waals surface area contributed by atoms with Gasteiger partial charge >= 0.3 is 0 Å². The lowest BCUT2D eigenvalue weighted by atomic mass is 9.91. The van der Waals surface area contributed by atoms with Crippen molar-refractivity contribution in [1.29, 1.82) is 0 Å². The second-order valence-corrected chi connectivity index (χ2v) is 35.8. The number of aliphatic hydroxyl groups is 1. The average molecular weight is 1870 g/mol. The quantitative estimate of drug-likeness (QED) is 0.0260. The molecular weight excluding hydrogens is 1730 g/mol. The van der Waals surface area contributed by atoms with Gasteiger partial charge in [0.25, 0.3) is 0 Å². The molecule has 0 radical (unpaired) electrons. The number of primary amides is 2. The van der Waals surface area contributed by atoms with Gasteiger partial charge in [-0.3, -0.25) is 91.1 Å². The maximum Gasteiger partial charge on any atom is 0.246 e. The molecule has 0 unspecified atom stereocenters. The molecule has 4 aromatic rings. The maximum atomic E-state index is 15.3. The van der Waals surface area contributed by atoms with E-state index in [1.807, 2.05) is 26.0 Å². The van der Waals surface area contributed by atoms with E-state index in [1.54, 1.807) is 74.6 Å². The van der Waals surface area contributed by atoms with Gasteiger partial charge in [-0.25, -0.2) is 0 Å². The number of nitrogens with one attached hydrogen (secondary N) is 18. The first-order chi connectivity index (χ1) is 62.9. The third-order valence-corrected chi connectivity index (χ3v) is 22.6. The molecule has 0 bridgehead atoms. The molecule has 1 aromatic heterocycles. The third kappa shape index (κ3) is 36.7. The van der Waals surface area contributed by atoms with Crippen LogP contribution in [0.15, 0.2) is 97.2 Å². The summed E-state index contributed by atoms with van der Waals surface area (Å²) >= 11 is 0. The van der Waals surface area contributed by atoms with Crippen molar-refractivity contribution in [3.05, 3.63) is 114 Å². The molecule has 0 saturated heterocycles. The molecule has 134 heavy (non-hydrogen) atoms. The summed E-state index contributed by atoms with van der Waals surface area (Å²) in [6, 6.07) is -0.0402. The fourth-order valence-corrected chi connectivity index (χ4v) is 14.5. The number of aliphatic hydroxyl groups excluding tert-OH is 1. The Morgan fingerprint density at radius 1 is 0.463 bits per heavy atom. The Morgan fingerprint density at radius 3 is 1.50 bits per heavy atom. The van der Waals surface area contributed by atoms with Gasteiger partial charge in [0, 0.05) is 49.7 Å². The molecule has 1 aliphatic rings. The average Bonchev–Trinajstić information content (AvgIpc) is 0.951. The third-order valence-electron chi connectivity index (χ3n) is 22.6. The number of para-hydroxylation sites is 1. The number of phenolic OH excluding ortho intramolecular Hbond substituents is 1.